The normalized spacial score (nSPS) is 10.9. The molecule has 9 nitrogen and oxygen atoms in total. The van der Waals surface area contributed by atoms with Gasteiger partial charge in [-0.1, -0.05) is 65.4 Å². The zero-order valence-corrected chi connectivity index (χ0v) is 20.0. The van der Waals surface area contributed by atoms with Gasteiger partial charge in [-0.2, -0.15) is 4.98 Å². The average molecular weight is 499 g/mol. The SMILES string of the molecule is O=C(CSc1nnc(-c2ccccc2)n1-c1ccccc1)OCCCc1nc(-c2cccnc2)no1. The van der Waals surface area contributed by atoms with E-state index in [0.717, 1.165) is 16.8 Å². The lowest BCUT2D eigenvalue weighted by Gasteiger charge is -2.10. The molecule has 0 spiro atoms. The molecule has 0 atom stereocenters. The minimum absolute atomic E-state index is 0.117. The van der Waals surface area contributed by atoms with Crippen LogP contribution in [0.2, 0.25) is 0 Å². The van der Waals surface area contributed by atoms with E-state index in [2.05, 4.69) is 25.3 Å². The molecule has 5 rings (SSSR count). The molecule has 0 aliphatic rings. The smallest absolute Gasteiger partial charge is 0.316 e. The van der Waals surface area contributed by atoms with Crippen molar-refractivity contribution in [2.75, 3.05) is 12.4 Å². The first-order valence-electron chi connectivity index (χ1n) is 11.4. The van der Waals surface area contributed by atoms with Crippen molar-refractivity contribution in [2.45, 2.75) is 18.0 Å². The summed E-state index contributed by atoms with van der Waals surface area (Å²) in [7, 11) is 0. The number of benzene rings is 2. The number of para-hydroxylation sites is 1. The van der Waals surface area contributed by atoms with Crippen molar-refractivity contribution in [3.63, 3.8) is 0 Å². The second-order valence-electron chi connectivity index (χ2n) is 7.71. The molecule has 2 aromatic carbocycles. The molecule has 0 radical (unpaired) electrons. The maximum Gasteiger partial charge on any atom is 0.316 e. The number of rotatable bonds is 10. The highest BCUT2D eigenvalue weighted by Gasteiger charge is 2.17. The van der Waals surface area contributed by atoms with Gasteiger partial charge in [0.05, 0.1) is 12.4 Å². The molecule has 0 aliphatic carbocycles. The van der Waals surface area contributed by atoms with Gasteiger partial charge in [-0.3, -0.25) is 14.3 Å². The van der Waals surface area contributed by atoms with Gasteiger partial charge in [0, 0.05) is 35.6 Å². The Morgan fingerprint density at radius 1 is 0.944 bits per heavy atom. The Bertz CT molecular complexity index is 1410. The third kappa shape index (κ3) is 5.66. The van der Waals surface area contributed by atoms with Crippen LogP contribution >= 0.6 is 11.8 Å². The van der Waals surface area contributed by atoms with Gasteiger partial charge in [-0.15, -0.1) is 10.2 Å². The highest BCUT2D eigenvalue weighted by Crippen LogP contribution is 2.27. The van der Waals surface area contributed by atoms with Gasteiger partial charge in [0.2, 0.25) is 11.7 Å². The van der Waals surface area contributed by atoms with Crippen LogP contribution in [-0.2, 0) is 16.0 Å². The van der Waals surface area contributed by atoms with Gasteiger partial charge >= 0.3 is 5.97 Å². The van der Waals surface area contributed by atoms with Crippen LogP contribution in [0.1, 0.15) is 12.3 Å². The predicted molar refractivity (Wildman–Crippen MR) is 134 cm³/mol. The number of carbonyl (C=O) groups is 1. The molecule has 0 N–H and O–H groups in total. The summed E-state index contributed by atoms with van der Waals surface area (Å²) in [5, 5.41) is 13.3. The lowest BCUT2D eigenvalue weighted by Crippen LogP contribution is -2.10. The zero-order chi connectivity index (χ0) is 24.6. The van der Waals surface area contributed by atoms with E-state index in [1.165, 1.54) is 11.8 Å². The molecule has 36 heavy (non-hydrogen) atoms. The Morgan fingerprint density at radius 3 is 2.50 bits per heavy atom. The topological polar surface area (TPSA) is 109 Å². The summed E-state index contributed by atoms with van der Waals surface area (Å²) >= 11 is 1.29. The van der Waals surface area contributed by atoms with Crippen LogP contribution < -0.4 is 0 Å². The van der Waals surface area contributed by atoms with E-state index in [1.54, 1.807) is 12.4 Å². The van der Waals surface area contributed by atoms with Crippen LogP contribution in [0, 0.1) is 0 Å². The van der Waals surface area contributed by atoms with Crippen molar-refractivity contribution in [2.24, 2.45) is 0 Å². The number of nitrogens with zero attached hydrogens (tertiary/aromatic N) is 6. The molecule has 5 aromatic rings. The number of hydrogen-bond acceptors (Lipinski definition) is 9. The van der Waals surface area contributed by atoms with E-state index >= 15 is 0 Å². The molecular weight excluding hydrogens is 476 g/mol. The lowest BCUT2D eigenvalue weighted by molar-refractivity contribution is -0.140. The Morgan fingerprint density at radius 2 is 1.72 bits per heavy atom. The lowest BCUT2D eigenvalue weighted by atomic mass is 10.2. The second kappa shape index (κ2) is 11.4. The Hall–Kier alpha value is -4.31. The second-order valence-corrected chi connectivity index (χ2v) is 8.65. The number of pyridine rings is 1. The summed E-state index contributed by atoms with van der Waals surface area (Å²) in [4.78, 5) is 20.8. The molecule has 0 unspecified atom stereocenters. The fourth-order valence-corrected chi connectivity index (χ4v) is 4.24. The van der Waals surface area contributed by atoms with E-state index in [4.69, 9.17) is 9.26 Å². The Labute approximate surface area is 211 Å². The van der Waals surface area contributed by atoms with Crippen molar-refractivity contribution in [3.05, 3.63) is 91.1 Å². The third-order valence-corrected chi connectivity index (χ3v) is 6.09. The van der Waals surface area contributed by atoms with E-state index < -0.39 is 0 Å². The van der Waals surface area contributed by atoms with E-state index in [1.807, 2.05) is 77.4 Å². The van der Waals surface area contributed by atoms with Crippen LogP contribution in [0.25, 0.3) is 28.5 Å². The van der Waals surface area contributed by atoms with Crippen molar-refractivity contribution < 1.29 is 14.1 Å². The number of thioether (sulfide) groups is 1. The minimum Gasteiger partial charge on any atom is -0.465 e. The van der Waals surface area contributed by atoms with Crippen molar-refractivity contribution in [3.8, 4) is 28.5 Å². The first-order chi connectivity index (χ1) is 17.8. The van der Waals surface area contributed by atoms with Gasteiger partial charge in [0.1, 0.15) is 0 Å². The molecule has 0 saturated carbocycles. The van der Waals surface area contributed by atoms with Gasteiger partial charge in [0.15, 0.2) is 11.0 Å². The molecule has 0 amide bonds. The van der Waals surface area contributed by atoms with Crippen molar-refractivity contribution >= 4 is 17.7 Å². The molecule has 3 heterocycles. The summed E-state index contributed by atoms with van der Waals surface area (Å²) in [5.74, 6) is 1.48. The van der Waals surface area contributed by atoms with E-state index in [9.17, 15) is 4.79 Å². The standard InChI is InChI=1S/C26H22N6O3S/c33-23(34-16-8-14-22-28-24(31-35-22)20-11-7-15-27-17-20)18-36-26-30-29-25(19-9-3-1-4-10-19)32(26)21-12-5-2-6-13-21/h1-7,9-13,15,17H,8,14,16,18H2. The molecule has 0 bridgehead atoms. The molecular formula is C26H22N6O3S. The molecule has 10 heteroatoms. The predicted octanol–water partition coefficient (Wildman–Crippen LogP) is 4.65. The largest absolute Gasteiger partial charge is 0.465 e. The maximum atomic E-state index is 12.4. The maximum absolute atomic E-state index is 12.4. The van der Waals surface area contributed by atoms with Crippen LogP contribution in [0.3, 0.4) is 0 Å². The van der Waals surface area contributed by atoms with E-state index in [-0.39, 0.29) is 18.3 Å². The highest BCUT2D eigenvalue weighted by atomic mass is 32.2. The number of ether oxygens (including phenoxy) is 1. The number of aryl methyl sites for hydroxylation is 1. The van der Waals surface area contributed by atoms with Gasteiger partial charge in [-0.25, -0.2) is 0 Å². The summed E-state index contributed by atoms with van der Waals surface area (Å²) in [6.45, 7) is 0.255. The number of carbonyl (C=O) groups excluding carboxylic acids is 1. The molecule has 0 fully saturated rings. The molecule has 0 saturated heterocycles. The summed E-state index contributed by atoms with van der Waals surface area (Å²) in [5.41, 5.74) is 2.65. The molecule has 0 aliphatic heterocycles. The molecule has 3 aromatic heterocycles. The van der Waals surface area contributed by atoms with Crippen LogP contribution in [-0.4, -0.2) is 48.2 Å². The van der Waals surface area contributed by atoms with Crippen molar-refractivity contribution in [1.29, 1.82) is 0 Å². The zero-order valence-electron chi connectivity index (χ0n) is 19.2. The fraction of sp³-hybridized carbons (Fsp3) is 0.154. The Balaban J connectivity index is 1.15. The van der Waals surface area contributed by atoms with E-state index in [0.29, 0.717) is 35.5 Å². The summed E-state index contributed by atoms with van der Waals surface area (Å²) < 4.78 is 12.6. The average Bonchev–Trinajstić information content (AvgIpc) is 3.59. The minimum atomic E-state index is -0.328. The van der Waals surface area contributed by atoms with Crippen LogP contribution in [0.4, 0.5) is 0 Å². The van der Waals surface area contributed by atoms with Crippen LogP contribution in [0.15, 0.2) is 94.9 Å². The number of hydrogen-bond donors (Lipinski definition) is 0. The quantitative estimate of drug-likeness (QED) is 0.154. The van der Waals surface area contributed by atoms with Gasteiger partial charge < -0.3 is 9.26 Å². The first kappa shape index (κ1) is 23.4. The van der Waals surface area contributed by atoms with Crippen molar-refractivity contribution in [1.82, 2.24) is 29.9 Å². The first-order valence-corrected chi connectivity index (χ1v) is 12.3. The summed E-state index contributed by atoms with van der Waals surface area (Å²) in [6, 6.07) is 23.3. The number of esters is 1. The third-order valence-electron chi connectivity index (χ3n) is 5.18. The highest BCUT2D eigenvalue weighted by molar-refractivity contribution is 7.99. The summed E-state index contributed by atoms with van der Waals surface area (Å²) in [6.07, 6.45) is 4.44. The fourth-order valence-electron chi connectivity index (χ4n) is 3.49. The van der Waals surface area contributed by atoms with Crippen LogP contribution in [0.5, 0.6) is 0 Å². The van der Waals surface area contributed by atoms with Gasteiger partial charge in [0.25, 0.3) is 0 Å². The monoisotopic (exact) mass is 498 g/mol. The number of aromatic nitrogens is 6. The van der Waals surface area contributed by atoms with Gasteiger partial charge in [-0.05, 0) is 30.7 Å². The molecule has 180 valence electrons. The Kier molecular flexibility index (Phi) is 7.43.